The lowest BCUT2D eigenvalue weighted by atomic mass is 9.95. The zero-order chi connectivity index (χ0) is 14.6. The molecule has 120 valence electrons. The van der Waals surface area contributed by atoms with Crippen molar-refractivity contribution in [3.8, 4) is 0 Å². The molecule has 0 aromatic rings. The molecule has 0 aromatic carbocycles. The van der Waals surface area contributed by atoms with E-state index in [1.165, 1.54) is 64.2 Å². The lowest BCUT2D eigenvalue weighted by Gasteiger charge is -2.36. The van der Waals surface area contributed by atoms with Gasteiger partial charge in [-0.2, -0.15) is 0 Å². The van der Waals surface area contributed by atoms with E-state index in [0.29, 0.717) is 12.0 Å². The van der Waals surface area contributed by atoms with Crippen molar-refractivity contribution >= 4 is 0 Å². The van der Waals surface area contributed by atoms with E-state index in [0.717, 1.165) is 13.0 Å². The summed E-state index contributed by atoms with van der Waals surface area (Å²) in [5.74, 6) is 0.611. The molecule has 0 radical (unpaired) electrons. The third-order valence-corrected chi connectivity index (χ3v) is 4.49. The molecule has 0 N–H and O–H groups in total. The second-order valence-electron chi connectivity index (χ2n) is 6.30. The van der Waals surface area contributed by atoms with E-state index >= 15 is 0 Å². The van der Waals surface area contributed by atoms with Crippen molar-refractivity contribution in [2.75, 3.05) is 6.61 Å². The first kappa shape index (κ1) is 18.0. The van der Waals surface area contributed by atoms with Crippen LogP contribution in [0, 0.1) is 5.92 Å². The zero-order valence-electron chi connectivity index (χ0n) is 14.0. The van der Waals surface area contributed by atoms with Crippen LogP contribution >= 0.6 is 0 Å². The molecule has 0 unspecified atom stereocenters. The van der Waals surface area contributed by atoms with E-state index in [2.05, 4.69) is 20.8 Å². The summed E-state index contributed by atoms with van der Waals surface area (Å²) in [6, 6.07) is 0. The van der Waals surface area contributed by atoms with Crippen LogP contribution < -0.4 is 0 Å². The predicted molar refractivity (Wildman–Crippen MR) is 85.9 cm³/mol. The Morgan fingerprint density at radius 3 is 2.15 bits per heavy atom. The van der Waals surface area contributed by atoms with Crippen LogP contribution in [-0.2, 0) is 9.47 Å². The van der Waals surface area contributed by atoms with E-state index in [9.17, 15) is 0 Å². The molecule has 1 rings (SSSR count). The lowest BCUT2D eigenvalue weighted by molar-refractivity contribution is -0.240. The highest BCUT2D eigenvalue weighted by Gasteiger charge is 2.29. The van der Waals surface area contributed by atoms with Crippen LogP contribution in [-0.4, -0.2) is 19.0 Å². The number of rotatable bonds is 11. The molecule has 1 saturated heterocycles. The Bertz CT molecular complexity index is 217. The molecule has 0 saturated carbocycles. The predicted octanol–water partition coefficient (Wildman–Crippen LogP) is 5.69. The highest BCUT2D eigenvalue weighted by Crippen LogP contribution is 2.27. The first-order chi connectivity index (χ1) is 9.81. The zero-order valence-corrected chi connectivity index (χ0v) is 14.0. The van der Waals surface area contributed by atoms with Gasteiger partial charge < -0.3 is 9.47 Å². The number of ether oxygens (including phenoxy) is 2. The summed E-state index contributed by atoms with van der Waals surface area (Å²) >= 11 is 0. The fraction of sp³-hybridized carbons (Fsp3) is 1.00. The van der Waals surface area contributed by atoms with Crippen molar-refractivity contribution in [3.63, 3.8) is 0 Å². The Morgan fingerprint density at radius 1 is 0.800 bits per heavy atom. The SMILES string of the molecule is CCCCCCCCC[C@@H]1OC[C@@H](CC)[C@H](CCC)O1. The van der Waals surface area contributed by atoms with E-state index in [4.69, 9.17) is 9.47 Å². The van der Waals surface area contributed by atoms with Gasteiger partial charge in [0.1, 0.15) is 0 Å². The Kier molecular flexibility index (Phi) is 10.4. The third kappa shape index (κ3) is 7.08. The molecule has 0 aliphatic carbocycles. The molecule has 1 aliphatic rings. The van der Waals surface area contributed by atoms with Crippen molar-refractivity contribution in [3.05, 3.63) is 0 Å². The molecule has 1 heterocycles. The van der Waals surface area contributed by atoms with Crippen molar-refractivity contribution in [1.29, 1.82) is 0 Å². The maximum atomic E-state index is 6.15. The van der Waals surface area contributed by atoms with Gasteiger partial charge in [-0.3, -0.25) is 0 Å². The summed E-state index contributed by atoms with van der Waals surface area (Å²) in [6.45, 7) is 7.67. The molecule has 3 atom stereocenters. The Labute approximate surface area is 126 Å². The maximum absolute atomic E-state index is 6.15. The Morgan fingerprint density at radius 2 is 1.50 bits per heavy atom. The van der Waals surface area contributed by atoms with Crippen molar-refractivity contribution in [2.45, 2.75) is 104 Å². The number of unbranched alkanes of at least 4 members (excludes halogenated alkanes) is 6. The average molecular weight is 284 g/mol. The highest BCUT2D eigenvalue weighted by molar-refractivity contribution is 4.73. The summed E-state index contributed by atoms with van der Waals surface area (Å²) in [5, 5.41) is 0. The smallest absolute Gasteiger partial charge is 0.157 e. The Hall–Kier alpha value is -0.0800. The minimum absolute atomic E-state index is 0.0741. The van der Waals surface area contributed by atoms with Crippen molar-refractivity contribution in [2.24, 2.45) is 5.92 Å². The van der Waals surface area contributed by atoms with Crippen LogP contribution in [0.15, 0.2) is 0 Å². The summed E-state index contributed by atoms with van der Waals surface area (Å²) in [6.07, 6.45) is 14.7. The van der Waals surface area contributed by atoms with E-state index in [1.807, 2.05) is 0 Å². The summed E-state index contributed by atoms with van der Waals surface area (Å²) in [7, 11) is 0. The van der Waals surface area contributed by atoms with Gasteiger partial charge in [0.25, 0.3) is 0 Å². The molecule has 0 amide bonds. The van der Waals surface area contributed by atoms with Crippen LogP contribution in [0.25, 0.3) is 0 Å². The van der Waals surface area contributed by atoms with Crippen LogP contribution in [0.1, 0.15) is 91.4 Å². The molecule has 0 bridgehead atoms. The van der Waals surface area contributed by atoms with Crippen LogP contribution in [0.3, 0.4) is 0 Å². The monoisotopic (exact) mass is 284 g/mol. The third-order valence-electron chi connectivity index (χ3n) is 4.49. The second-order valence-corrected chi connectivity index (χ2v) is 6.30. The average Bonchev–Trinajstić information content (AvgIpc) is 2.47. The normalized spacial score (nSPS) is 26.9. The van der Waals surface area contributed by atoms with Gasteiger partial charge in [0.05, 0.1) is 12.7 Å². The molecule has 1 fully saturated rings. The van der Waals surface area contributed by atoms with Crippen LogP contribution in [0.4, 0.5) is 0 Å². The van der Waals surface area contributed by atoms with Crippen molar-refractivity contribution in [1.82, 2.24) is 0 Å². The molecule has 2 heteroatoms. The molecule has 20 heavy (non-hydrogen) atoms. The first-order valence-electron chi connectivity index (χ1n) is 9.08. The van der Waals surface area contributed by atoms with E-state index in [1.54, 1.807) is 0 Å². The minimum atomic E-state index is 0.0741. The fourth-order valence-electron chi connectivity index (χ4n) is 3.07. The molecule has 2 nitrogen and oxygen atoms in total. The minimum Gasteiger partial charge on any atom is -0.352 e. The fourth-order valence-corrected chi connectivity index (χ4v) is 3.07. The first-order valence-corrected chi connectivity index (χ1v) is 9.08. The number of hydrogen-bond donors (Lipinski definition) is 0. The molecule has 1 aliphatic heterocycles. The quantitative estimate of drug-likeness (QED) is 0.453. The van der Waals surface area contributed by atoms with Crippen LogP contribution in [0.5, 0.6) is 0 Å². The summed E-state index contributed by atoms with van der Waals surface area (Å²) in [5.41, 5.74) is 0. The highest BCUT2D eigenvalue weighted by atomic mass is 16.7. The molecule has 0 aromatic heterocycles. The van der Waals surface area contributed by atoms with Gasteiger partial charge in [-0.15, -0.1) is 0 Å². The van der Waals surface area contributed by atoms with Gasteiger partial charge in [0.15, 0.2) is 6.29 Å². The standard InChI is InChI=1S/C18H36O2/c1-4-7-8-9-10-11-12-14-18-19-15-16(6-3)17(20-18)13-5-2/h16-18H,4-15H2,1-3H3/t16-,17+,18-/m1/s1. The molecule has 0 spiro atoms. The lowest BCUT2D eigenvalue weighted by Crippen LogP contribution is -2.39. The summed E-state index contributed by atoms with van der Waals surface area (Å²) < 4.78 is 12.0. The van der Waals surface area contributed by atoms with Gasteiger partial charge in [0.2, 0.25) is 0 Å². The second kappa shape index (κ2) is 11.6. The maximum Gasteiger partial charge on any atom is 0.157 e. The topological polar surface area (TPSA) is 18.5 Å². The van der Waals surface area contributed by atoms with Gasteiger partial charge in [0, 0.05) is 5.92 Å². The summed E-state index contributed by atoms with van der Waals surface area (Å²) in [4.78, 5) is 0. The largest absolute Gasteiger partial charge is 0.352 e. The van der Waals surface area contributed by atoms with Gasteiger partial charge in [-0.1, -0.05) is 65.7 Å². The Balaban J connectivity index is 2.09. The van der Waals surface area contributed by atoms with E-state index < -0.39 is 0 Å². The van der Waals surface area contributed by atoms with Crippen LogP contribution in [0.2, 0.25) is 0 Å². The number of hydrogen-bond acceptors (Lipinski definition) is 2. The van der Waals surface area contributed by atoms with Gasteiger partial charge in [-0.25, -0.2) is 0 Å². The van der Waals surface area contributed by atoms with Crippen molar-refractivity contribution < 1.29 is 9.47 Å². The molecular formula is C18H36O2. The van der Waals surface area contributed by atoms with E-state index in [-0.39, 0.29) is 6.29 Å². The van der Waals surface area contributed by atoms with Gasteiger partial charge >= 0.3 is 0 Å². The molecular weight excluding hydrogens is 248 g/mol. The van der Waals surface area contributed by atoms with Gasteiger partial charge in [-0.05, 0) is 25.7 Å².